The fourth-order valence-electron chi connectivity index (χ4n) is 18.6. The van der Waals surface area contributed by atoms with E-state index in [2.05, 4.69) is 166 Å². The van der Waals surface area contributed by atoms with Crippen LogP contribution in [0.15, 0.2) is 176 Å². The number of carbonyl (C=O) groups is 4. The van der Waals surface area contributed by atoms with Crippen LogP contribution in [0, 0.1) is 5.92 Å². The van der Waals surface area contributed by atoms with Crippen LogP contribution in [0.1, 0.15) is 278 Å². The van der Waals surface area contributed by atoms with Gasteiger partial charge in [0.05, 0.1) is 16.1 Å². The zero-order chi connectivity index (χ0) is 69.2. The van der Waals surface area contributed by atoms with E-state index in [0.29, 0.717) is 5.92 Å². The molecule has 7 aromatic rings. The van der Waals surface area contributed by atoms with E-state index in [4.69, 9.17) is 53.8 Å². The average molecular weight is 1400 g/mol. The molecule has 9 atom stereocenters. The highest BCUT2D eigenvalue weighted by molar-refractivity contribution is 6.21. The first kappa shape index (κ1) is 70.1. The van der Waals surface area contributed by atoms with Crippen LogP contribution in [-0.4, -0.2) is 46.3 Å². The summed E-state index contributed by atoms with van der Waals surface area (Å²) in [4.78, 5) is 49.9. The minimum atomic E-state index is -0.337. The van der Waals surface area contributed by atoms with Gasteiger partial charge in [0.2, 0.25) is 0 Å². The van der Waals surface area contributed by atoms with Gasteiger partial charge in [0.25, 0.3) is 0 Å². The number of alkyl halides is 3. The Bertz CT molecular complexity index is 3990. The van der Waals surface area contributed by atoms with E-state index in [1.54, 1.807) is 0 Å². The maximum absolute atomic E-state index is 12.9. The Hall–Kier alpha value is -6.97. The number of carbonyl (C=O) groups excluding carboxylic acids is 4. The number of aryl methyl sites for hydroxylation is 3. The second-order valence-corrected chi connectivity index (χ2v) is 32.7. The molecule has 4 saturated heterocycles. The molecule has 0 radical (unpaired) electrons. The minimum Gasteiger partial charge on any atom is -0.457 e. The highest BCUT2D eigenvalue weighted by Gasteiger charge is 2.61. The third kappa shape index (κ3) is 14.7. The molecule has 4 heterocycles. The molecule has 0 amide bonds. The molecule has 8 fully saturated rings. The summed E-state index contributed by atoms with van der Waals surface area (Å²) in [5.41, 5.74) is 15.2. The van der Waals surface area contributed by atoms with Gasteiger partial charge in [0.1, 0.15) is 46.1 Å². The molecular formula is C89H97Cl3O8. The molecular weight excluding hydrogens is 1300 g/mol. The van der Waals surface area contributed by atoms with Gasteiger partial charge in [-0.05, 0) is 256 Å². The summed E-state index contributed by atoms with van der Waals surface area (Å²) in [6.45, 7) is 8.28. The quantitative estimate of drug-likeness (QED) is 0.0317. The number of halogens is 3. The van der Waals surface area contributed by atoms with Crippen LogP contribution in [0.25, 0.3) is 6.08 Å². The molecule has 0 aromatic heterocycles. The Labute approximate surface area is 607 Å². The van der Waals surface area contributed by atoms with Crippen molar-refractivity contribution in [1.29, 1.82) is 0 Å². The third-order valence-electron chi connectivity index (χ3n) is 24.2. The van der Waals surface area contributed by atoms with Crippen molar-refractivity contribution in [3.63, 3.8) is 0 Å². The minimum absolute atomic E-state index is 0.0381. The molecule has 4 aliphatic carbocycles. The summed E-state index contributed by atoms with van der Waals surface area (Å²) >= 11 is 21.9. The van der Waals surface area contributed by atoms with Crippen molar-refractivity contribution in [2.24, 2.45) is 5.92 Å². The predicted molar refractivity (Wildman–Crippen MR) is 399 cm³/mol. The molecule has 8 nitrogen and oxygen atoms in total. The Morgan fingerprint density at radius 1 is 0.360 bits per heavy atom. The summed E-state index contributed by atoms with van der Waals surface area (Å²) in [6.07, 6.45) is 26.5. The lowest BCUT2D eigenvalue weighted by Gasteiger charge is -2.45. The van der Waals surface area contributed by atoms with Crippen molar-refractivity contribution >= 4 is 64.8 Å². The van der Waals surface area contributed by atoms with Crippen LogP contribution in [0.5, 0.6) is 0 Å². The molecule has 4 saturated carbocycles. The highest BCUT2D eigenvalue weighted by atomic mass is 35.5. The topological polar surface area (TPSA) is 105 Å². The molecule has 7 aromatic carbocycles. The third-order valence-corrected chi connectivity index (χ3v) is 25.6. The maximum atomic E-state index is 12.9. The first-order valence-corrected chi connectivity index (χ1v) is 38.9. The van der Waals surface area contributed by atoms with Crippen molar-refractivity contribution in [3.8, 4) is 0 Å². The molecule has 4 aliphatic heterocycles. The Kier molecular flexibility index (Phi) is 21.1. The van der Waals surface area contributed by atoms with Crippen LogP contribution in [-0.2, 0) is 63.8 Å². The molecule has 0 N–H and O–H groups in total. The standard InChI is InChI=1S/C74H81Cl3O6.C15H16O2/c1-48(2)45-52-11-9-49(10-12-52)17-24-61(53-20-13-50(14-21-53)18-37-63(75)55-25-31-58(32-26-55)66-69(78)81-72(66)39-3-4-40-72)46-62(47-65(77)57-29-35-60(36-30-57)68-71(80)83-74(68)43-7-8-44-74)54-22-15-51(16-23-54)19-38-64(76)56-27-33-59(34-28-56)67-70(79)82-73(67)41-5-6-42-73;1-2-11-5-7-12(8-6-11)13-14(16)17-15(13)9-3-4-10-15/h9-16,20-23,25-36,48,61-68H,3-8,17-19,24,37-47H2,1-2H3;2,5-8,13H,1,3-4,9-10H2. The SMILES string of the molecule is C=Cc1ccc(C2C(=O)OC23CCCC3)cc1.CC(C)Cc1ccc(CCC(CC(CC(Cl)c2ccc(C3C(=O)OC34CCCC4)cc2)c2ccc(CCC(Cl)c3ccc(C4C(=O)OC45CCCC5)cc3)cc2)c2ccc(CCC(Cl)c3ccc(C4C(=O)OC45CCCC5)cc3)cc2)cc1. The van der Waals surface area contributed by atoms with E-state index in [-0.39, 0.29) is 97.9 Å². The second-order valence-electron chi connectivity index (χ2n) is 31.2. The van der Waals surface area contributed by atoms with Crippen LogP contribution < -0.4 is 0 Å². The summed E-state index contributed by atoms with van der Waals surface area (Å²) in [5.74, 6) is 0.0691. The van der Waals surface area contributed by atoms with E-state index < -0.39 is 0 Å². The van der Waals surface area contributed by atoms with Crippen molar-refractivity contribution in [2.45, 2.75) is 248 Å². The molecule has 8 aliphatic rings. The Morgan fingerprint density at radius 3 is 0.960 bits per heavy atom. The number of esters is 4. The largest absolute Gasteiger partial charge is 0.457 e. The Balaban J connectivity index is 0.000000434. The van der Waals surface area contributed by atoms with E-state index in [0.717, 1.165) is 192 Å². The van der Waals surface area contributed by atoms with Gasteiger partial charge in [0, 0.05) is 0 Å². The van der Waals surface area contributed by atoms with E-state index >= 15 is 0 Å². The first-order valence-electron chi connectivity index (χ1n) is 37.6. The van der Waals surface area contributed by atoms with Gasteiger partial charge in [0.15, 0.2) is 0 Å². The van der Waals surface area contributed by atoms with Gasteiger partial charge in [-0.25, -0.2) is 0 Å². The molecule has 522 valence electrons. The van der Waals surface area contributed by atoms with Crippen LogP contribution in [0.3, 0.4) is 0 Å². The van der Waals surface area contributed by atoms with Gasteiger partial charge in [-0.3, -0.25) is 19.2 Å². The lowest BCUT2D eigenvalue weighted by atomic mass is 9.75. The molecule has 11 heteroatoms. The molecule has 100 heavy (non-hydrogen) atoms. The van der Waals surface area contributed by atoms with Gasteiger partial charge in [-0.2, -0.15) is 0 Å². The Morgan fingerprint density at radius 2 is 0.640 bits per heavy atom. The number of ether oxygens (including phenoxy) is 4. The first-order chi connectivity index (χ1) is 48.5. The maximum Gasteiger partial charge on any atom is 0.318 e. The summed E-state index contributed by atoms with van der Waals surface area (Å²) < 4.78 is 22.8. The van der Waals surface area contributed by atoms with Gasteiger partial charge >= 0.3 is 23.9 Å². The zero-order valence-corrected chi connectivity index (χ0v) is 60.6. The van der Waals surface area contributed by atoms with E-state index in [9.17, 15) is 19.2 Å². The normalized spacial score (nSPS) is 23.2. The van der Waals surface area contributed by atoms with Gasteiger partial charge in [-0.1, -0.05) is 196 Å². The summed E-state index contributed by atoms with van der Waals surface area (Å²) in [7, 11) is 0. The monoisotopic (exact) mass is 1400 g/mol. The van der Waals surface area contributed by atoms with E-state index in [1.165, 1.54) is 46.2 Å². The zero-order valence-electron chi connectivity index (χ0n) is 58.3. The van der Waals surface area contributed by atoms with Crippen LogP contribution in [0.2, 0.25) is 0 Å². The van der Waals surface area contributed by atoms with Gasteiger partial charge in [-0.15, -0.1) is 34.8 Å². The average Bonchev–Trinajstić information content (AvgIpc) is 1.38. The van der Waals surface area contributed by atoms with Crippen LogP contribution in [0.4, 0.5) is 0 Å². The van der Waals surface area contributed by atoms with Crippen molar-refractivity contribution in [1.82, 2.24) is 0 Å². The molecule has 4 spiro atoms. The number of benzene rings is 7. The second kappa shape index (κ2) is 30.2. The lowest BCUT2D eigenvalue weighted by molar-refractivity contribution is -0.199. The number of hydrogen-bond acceptors (Lipinski definition) is 8. The van der Waals surface area contributed by atoms with Crippen molar-refractivity contribution < 1.29 is 38.1 Å². The highest BCUT2D eigenvalue weighted by Crippen LogP contribution is 2.56. The number of rotatable bonds is 25. The molecule has 15 rings (SSSR count). The smallest absolute Gasteiger partial charge is 0.318 e. The molecule has 0 bridgehead atoms. The summed E-state index contributed by atoms with van der Waals surface area (Å²) in [5, 5.41) is -0.563. The molecule has 9 unspecified atom stereocenters. The van der Waals surface area contributed by atoms with Crippen molar-refractivity contribution in [2.75, 3.05) is 0 Å². The van der Waals surface area contributed by atoms with Gasteiger partial charge < -0.3 is 18.9 Å². The lowest BCUT2D eigenvalue weighted by Crippen LogP contribution is -2.53. The fourth-order valence-corrected chi connectivity index (χ4v) is 19.5. The number of hydrogen-bond donors (Lipinski definition) is 0. The van der Waals surface area contributed by atoms with Crippen molar-refractivity contribution in [3.05, 3.63) is 254 Å². The van der Waals surface area contributed by atoms with E-state index in [1.807, 2.05) is 30.3 Å². The summed E-state index contributed by atoms with van der Waals surface area (Å²) in [6, 6.07) is 61.1. The predicted octanol–water partition coefficient (Wildman–Crippen LogP) is 22.1. The van der Waals surface area contributed by atoms with Crippen LogP contribution >= 0.6 is 34.8 Å². The fraction of sp³-hybridized carbons (Fsp3) is 0.461.